The summed E-state index contributed by atoms with van der Waals surface area (Å²) in [7, 11) is 0. The molecule has 0 aliphatic rings. The third-order valence-electron chi connectivity index (χ3n) is 3.13. The molecule has 0 spiro atoms. The van der Waals surface area contributed by atoms with Gasteiger partial charge in [0.1, 0.15) is 5.82 Å². The third kappa shape index (κ3) is 4.63. The van der Waals surface area contributed by atoms with Gasteiger partial charge in [0.15, 0.2) is 5.69 Å². The van der Waals surface area contributed by atoms with Crippen molar-refractivity contribution in [3.8, 4) is 0 Å². The summed E-state index contributed by atoms with van der Waals surface area (Å²) in [5.41, 5.74) is 0.898. The molecule has 0 saturated heterocycles. The standard InChI is InChI=1S/C15H19FN4O2/c1-2-4-13(21)8-17-15(22)14-10-20(19-18-14)9-11-5-3-6-12(16)7-11/h3,5-7,10,13,21H,2,4,8-9H2,1H3,(H,17,22). The van der Waals surface area contributed by atoms with Crippen LogP contribution in [0.2, 0.25) is 0 Å². The Kier molecular flexibility index (Phi) is 5.60. The lowest BCUT2D eigenvalue weighted by atomic mass is 10.2. The fourth-order valence-corrected chi connectivity index (χ4v) is 2.04. The van der Waals surface area contributed by atoms with Crippen molar-refractivity contribution < 1.29 is 14.3 Å². The van der Waals surface area contributed by atoms with E-state index in [-0.39, 0.29) is 24.0 Å². The number of aromatic nitrogens is 3. The van der Waals surface area contributed by atoms with Gasteiger partial charge in [0.05, 0.1) is 18.8 Å². The molecule has 22 heavy (non-hydrogen) atoms. The van der Waals surface area contributed by atoms with Gasteiger partial charge in [0.25, 0.3) is 5.91 Å². The minimum absolute atomic E-state index is 0.167. The number of amides is 1. The highest BCUT2D eigenvalue weighted by atomic mass is 19.1. The average Bonchev–Trinajstić information content (AvgIpc) is 2.94. The van der Waals surface area contributed by atoms with Gasteiger partial charge in [-0.05, 0) is 24.1 Å². The highest BCUT2D eigenvalue weighted by molar-refractivity contribution is 5.91. The lowest BCUT2D eigenvalue weighted by Gasteiger charge is -2.09. The van der Waals surface area contributed by atoms with E-state index in [0.717, 1.165) is 12.0 Å². The lowest BCUT2D eigenvalue weighted by molar-refractivity contribution is 0.0905. The summed E-state index contributed by atoms with van der Waals surface area (Å²) in [6, 6.07) is 6.16. The summed E-state index contributed by atoms with van der Waals surface area (Å²) < 4.78 is 14.6. The van der Waals surface area contributed by atoms with E-state index in [2.05, 4.69) is 15.6 Å². The zero-order valence-corrected chi connectivity index (χ0v) is 12.4. The molecule has 1 aromatic carbocycles. The fourth-order valence-electron chi connectivity index (χ4n) is 2.04. The monoisotopic (exact) mass is 306 g/mol. The first kappa shape index (κ1) is 16.1. The normalized spacial score (nSPS) is 12.1. The van der Waals surface area contributed by atoms with Crippen LogP contribution >= 0.6 is 0 Å². The lowest BCUT2D eigenvalue weighted by Crippen LogP contribution is -2.32. The van der Waals surface area contributed by atoms with Gasteiger partial charge in [-0.15, -0.1) is 5.10 Å². The zero-order chi connectivity index (χ0) is 15.9. The molecular formula is C15H19FN4O2. The molecule has 0 aliphatic heterocycles. The van der Waals surface area contributed by atoms with Gasteiger partial charge in [-0.25, -0.2) is 9.07 Å². The van der Waals surface area contributed by atoms with Crippen molar-refractivity contribution in [1.29, 1.82) is 0 Å². The second-order valence-electron chi connectivity index (χ2n) is 5.08. The van der Waals surface area contributed by atoms with Crippen LogP contribution in [0.15, 0.2) is 30.5 Å². The number of nitrogens with one attached hydrogen (secondary N) is 1. The van der Waals surface area contributed by atoms with E-state index in [1.807, 2.05) is 6.92 Å². The van der Waals surface area contributed by atoms with Crippen molar-refractivity contribution in [3.05, 3.63) is 47.5 Å². The Morgan fingerprint density at radius 2 is 2.32 bits per heavy atom. The Labute approximate surface area is 128 Å². The van der Waals surface area contributed by atoms with E-state index in [1.165, 1.54) is 23.0 Å². The number of hydrogen-bond donors (Lipinski definition) is 2. The van der Waals surface area contributed by atoms with E-state index in [1.54, 1.807) is 12.1 Å². The largest absolute Gasteiger partial charge is 0.391 e. The molecule has 7 heteroatoms. The first-order valence-corrected chi connectivity index (χ1v) is 7.19. The number of nitrogens with zero attached hydrogens (tertiary/aromatic N) is 3. The first-order chi connectivity index (χ1) is 10.6. The number of aliphatic hydroxyl groups is 1. The van der Waals surface area contributed by atoms with Crippen LogP contribution in [0.3, 0.4) is 0 Å². The average molecular weight is 306 g/mol. The van der Waals surface area contributed by atoms with Crippen molar-refractivity contribution in [2.45, 2.75) is 32.4 Å². The number of carbonyl (C=O) groups excluding carboxylic acids is 1. The number of rotatable bonds is 7. The van der Waals surface area contributed by atoms with Crippen LogP contribution in [0.5, 0.6) is 0 Å². The molecule has 0 saturated carbocycles. The summed E-state index contributed by atoms with van der Waals surface area (Å²) in [6.07, 6.45) is 2.41. The smallest absolute Gasteiger partial charge is 0.273 e. The molecular weight excluding hydrogens is 287 g/mol. The van der Waals surface area contributed by atoms with E-state index in [4.69, 9.17) is 0 Å². The van der Waals surface area contributed by atoms with Crippen LogP contribution < -0.4 is 5.32 Å². The second-order valence-corrected chi connectivity index (χ2v) is 5.08. The van der Waals surface area contributed by atoms with Crippen molar-refractivity contribution in [2.75, 3.05) is 6.54 Å². The fraction of sp³-hybridized carbons (Fsp3) is 0.400. The highest BCUT2D eigenvalue weighted by Gasteiger charge is 2.12. The molecule has 1 amide bonds. The Hall–Kier alpha value is -2.28. The maximum absolute atomic E-state index is 13.1. The predicted molar refractivity (Wildman–Crippen MR) is 78.8 cm³/mol. The van der Waals surface area contributed by atoms with Crippen LogP contribution in [-0.2, 0) is 6.54 Å². The van der Waals surface area contributed by atoms with Gasteiger partial charge in [-0.3, -0.25) is 4.79 Å². The van der Waals surface area contributed by atoms with Crippen LogP contribution in [0.4, 0.5) is 4.39 Å². The maximum atomic E-state index is 13.1. The van der Waals surface area contributed by atoms with Gasteiger partial charge in [-0.1, -0.05) is 30.7 Å². The summed E-state index contributed by atoms with van der Waals surface area (Å²) >= 11 is 0. The van der Waals surface area contributed by atoms with E-state index in [9.17, 15) is 14.3 Å². The summed E-state index contributed by atoms with van der Waals surface area (Å²) in [6.45, 7) is 2.48. The molecule has 2 rings (SSSR count). The van der Waals surface area contributed by atoms with Crippen molar-refractivity contribution in [1.82, 2.24) is 20.3 Å². The molecule has 6 nitrogen and oxygen atoms in total. The van der Waals surface area contributed by atoms with Crippen LogP contribution in [0.25, 0.3) is 0 Å². The van der Waals surface area contributed by atoms with Gasteiger partial charge < -0.3 is 10.4 Å². The molecule has 2 N–H and O–H groups in total. The molecule has 0 radical (unpaired) electrons. The van der Waals surface area contributed by atoms with E-state index >= 15 is 0 Å². The van der Waals surface area contributed by atoms with Crippen LogP contribution in [0.1, 0.15) is 35.8 Å². The van der Waals surface area contributed by atoms with E-state index < -0.39 is 6.10 Å². The quantitative estimate of drug-likeness (QED) is 0.809. The van der Waals surface area contributed by atoms with Crippen molar-refractivity contribution in [2.24, 2.45) is 0 Å². The minimum atomic E-state index is -0.559. The molecule has 1 heterocycles. The molecule has 2 aromatic rings. The first-order valence-electron chi connectivity index (χ1n) is 7.19. The topological polar surface area (TPSA) is 80.0 Å². The molecule has 118 valence electrons. The molecule has 1 atom stereocenters. The van der Waals surface area contributed by atoms with Crippen LogP contribution in [0, 0.1) is 5.82 Å². The third-order valence-corrected chi connectivity index (χ3v) is 3.13. The predicted octanol–water partition coefficient (Wildman–Crippen LogP) is 1.36. The van der Waals surface area contributed by atoms with Crippen molar-refractivity contribution >= 4 is 5.91 Å². The molecule has 0 fully saturated rings. The van der Waals surface area contributed by atoms with Gasteiger partial charge in [-0.2, -0.15) is 0 Å². The Bertz CT molecular complexity index is 630. The van der Waals surface area contributed by atoms with Gasteiger partial charge >= 0.3 is 0 Å². The Morgan fingerprint density at radius 1 is 1.50 bits per heavy atom. The number of benzene rings is 1. The minimum Gasteiger partial charge on any atom is -0.391 e. The van der Waals surface area contributed by atoms with Crippen LogP contribution in [-0.4, -0.2) is 38.7 Å². The zero-order valence-electron chi connectivity index (χ0n) is 12.4. The SMILES string of the molecule is CCCC(O)CNC(=O)c1cn(Cc2cccc(F)c2)nn1. The Balaban J connectivity index is 1.92. The number of hydrogen-bond acceptors (Lipinski definition) is 4. The van der Waals surface area contributed by atoms with Gasteiger partial charge in [0, 0.05) is 6.54 Å². The summed E-state index contributed by atoms with van der Waals surface area (Å²) in [4.78, 5) is 11.9. The number of carbonyl (C=O) groups is 1. The van der Waals surface area contributed by atoms with Gasteiger partial charge in [0.2, 0.25) is 0 Å². The summed E-state index contributed by atoms with van der Waals surface area (Å²) in [5, 5.41) is 19.8. The molecule has 1 aromatic heterocycles. The molecule has 0 bridgehead atoms. The number of aliphatic hydroxyl groups excluding tert-OH is 1. The van der Waals surface area contributed by atoms with E-state index in [0.29, 0.717) is 13.0 Å². The molecule has 1 unspecified atom stereocenters. The molecule has 0 aliphatic carbocycles. The maximum Gasteiger partial charge on any atom is 0.273 e. The summed E-state index contributed by atoms with van der Waals surface area (Å²) in [5.74, 6) is -0.707. The Morgan fingerprint density at radius 3 is 3.05 bits per heavy atom. The number of halogens is 1. The van der Waals surface area contributed by atoms with Crippen molar-refractivity contribution in [3.63, 3.8) is 0 Å². The highest BCUT2D eigenvalue weighted by Crippen LogP contribution is 2.05. The second kappa shape index (κ2) is 7.65.